The Bertz CT molecular complexity index is 689. The van der Waals surface area contributed by atoms with E-state index in [0.29, 0.717) is 0 Å². The first-order valence-corrected chi connectivity index (χ1v) is 5.80. The minimum absolute atomic E-state index is 0.0554. The normalized spacial score (nSPS) is 12.4. The van der Waals surface area contributed by atoms with E-state index in [2.05, 4.69) is 49.1 Å². The first kappa shape index (κ1) is 10.3. The van der Waals surface area contributed by atoms with Crippen LogP contribution < -0.4 is 0 Å². The topological polar surface area (TPSA) is 30.2 Å². The van der Waals surface area contributed by atoms with Gasteiger partial charge in [0.15, 0.2) is 0 Å². The van der Waals surface area contributed by atoms with Crippen LogP contribution >= 0.6 is 0 Å². The fraction of sp³-hybridized carbons (Fsp3) is 0.286. The SMILES string of the molecule is CC(C)(C)c1ccn2c(n1)nc1ccccc12. The van der Waals surface area contributed by atoms with Gasteiger partial charge in [-0.3, -0.25) is 4.40 Å². The van der Waals surface area contributed by atoms with Crippen molar-refractivity contribution >= 4 is 16.8 Å². The summed E-state index contributed by atoms with van der Waals surface area (Å²) >= 11 is 0. The molecule has 0 N–H and O–H groups in total. The van der Waals surface area contributed by atoms with Crippen molar-refractivity contribution in [1.29, 1.82) is 0 Å². The maximum absolute atomic E-state index is 4.64. The van der Waals surface area contributed by atoms with E-state index in [1.165, 1.54) is 0 Å². The highest BCUT2D eigenvalue weighted by Crippen LogP contribution is 2.22. The van der Waals surface area contributed by atoms with Crippen LogP contribution in [0.3, 0.4) is 0 Å². The van der Waals surface area contributed by atoms with Crippen molar-refractivity contribution in [3.8, 4) is 0 Å². The number of para-hydroxylation sites is 2. The molecule has 3 heteroatoms. The molecule has 0 unspecified atom stereocenters. The van der Waals surface area contributed by atoms with Crippen LogP contribution in [0, 0.1) is 0 Å². The van der Waals surface area contributed by atoms with E-state index in [1.807, 2.05) is 22.6 Å². The zero-order valence-corrected chi connectivity index (χ0v) is 10.3. The van der Waals surface area contributed by atoms with Gasteiger partial charge in [-0.25, -0.2) is 9.97 Å². The lowest BCUT2D eigenvalue weighted by atomic mass is 9.92. The number of aromatic nitrogens is 3. The zero-order chi connectivity index (χ0) is 12.0. The quantitative estimate of drug-likeness (QED) is 0.588. The molecule has 86 valence electrons. The summed E-state index contributed by atoms with van der Waals surface area (Å²) in [4.78, 5) is 9.18. The number of imidazole rings is 1. The molecule has 1 aromatic carbocycles. The summed E-state index contributed by atoms with van der Waals surface area (Å²) in [5, 5.41) is 0. The Kier molecular flexibility index (Phi) is 1.99. The Hall–Kier alpha value is -1.90. The lowest BCUT2D eigenvalue weighted by Crippen LogP contribution is -2.14. The Labute approximate surface area is 100 Å². The minimum atomic E-state index is 0.0554. The van der Waals surface area contributed by atoms with Crippen LogP contribution in [-0.2, 0) is 5.41 Å². The van der Waals surface area contributed by atoms with Crippen LogP contribution in [0.4, 0.5) is 0 Å². The van der Waals surface area contributed by atoms with Crippen molar-refractivity contribution in [3.05, 3.63) is 42.2 Å². The van der Waals surface area contributed by atoms with Crippen molar-refractivity contribution in [1.82, 2.24) is 14.4 Å². The number of hydrogen-bond donors (Lipinski definition) is 0. The smallest absolute Gasteiger partial charge is 0.235 e. The monoisotopic (exact) mass is 225 g/mol. The number of nitrogens with zero attached hydrogens (tertiary/aromatic N) is 3. The van der Waals surface area contributed by atoms with E-state index in [4.69, 9.17) is 0 Å². The van der Waals surface area contributed by atoms with Gasteiger partial charge >= 0.3 is 0 Å². The number of fused-ring (bicyclic) bond motifs is 3. The van der Waals surface area contributed by atoms with E-state index in [0.717, 1.165) is 22.5 Å². The second kappa shape index (κ2) is 3.29. The highest BCUT2D eigenvalue weighted by Gasteiger charge is 2.16. The van der Waals surface area contributed by atoms with Gasteiger partial charge in [0.25, 0.3) is 0 Å². The van der Waals surface area contributed by atoms with Gasteiger partial charge in [0.2, 0.25) is 5.78 Å². The molecule has 0 amide bonds. The molecule has 0 spiro atoms. The maximum Gasteiger partial charge on any atom is 0.235 e. The molecule has 3 rings (SSSR count). The van der Waals surface area contributed by atoms with Crippen molar-refractivity contribution < 1.29 is 0 Å². The molecule has 3 aromatic rings. The molecule has 17 heavy (non-hydrogen) atoms. The highest BCUT2D eigenvalue weighted by atomic mass is 15.1. The molecule has 0 radical (unpaired) electrons. The third kappa shape index (κ3) is 1.58. The second-order valence-corrected chi connectivity index (χ2v) is 5.33. The molecule has 0 aliphatic rings. The van der Waals surface area contributed by atoms with Gasteiger partial charge in [-0.1, -0.05) is 32.9 Å². The molecule has 2 heterocycles. The predicted molar refractivity (Wildman–Crippen MR) is 69.2 cm³/mol. The molecule has 0 aliphatic carbocycles. The average Bonchev–Trinajstić information content (AvgIpc) is 2.65. The third-order valence-electron chi connectivity index (χ3n) is 2.95. The summed E-state index contributed by atoms with van der Waals surface area (Å²) < 4.78 is 2.03. The van der Waals surface area contributed by atoms with E-state index >= 15 is 0 Å². The van der Waals surface area contributed by atoms with Crippen LogP contribution in [0.15, 0.2) is 36.5 Å². The molecule has 2 aromatic heterocycles. The van der Waals surface area contributed by atoms with Gasteiger partial charge in [0.05, 0.1) is 16.7 Å². The molecule has 0 bridgehead atoms. The summed E-state index contributed by atoms with van der Waals surface area (Å²) in [5.74, 6) is 0.777. The molecule has 0 saturated heterocycles. The maximum atomic E-state index is 4.64. The first-order chi connectivity index (χ1) is 8.05. The predicted octanol–water partition coefficient (Wildman–Crippen LogP) is 3.18. The van der Waals surface area contributed by atoms with Gasteiger partial charge in [-0.15, -0.1) is 0 Å². The number of hydrogen-bond acceptors (Lipinski definition) is 2. The van der Waals surface area contributed by atoms with Crippen molar-refractivity contribution in [2.24, 2.45) is 0 Å². The molecular formula is C14H15N3. The fourth-order valence-electron chi connectivity index (χ4n) is 1.97. The molecular weight excluding hydrogens is 210 g/mol. The van der Waals surface area contributed by atoms with Crippen molar-refractivity contribution in [2.45, 2.75) is 26.2 Å². The van der Waals surface area contributed by atoms with Crippen LogP contribution in [0.1, 0.15) is 26.5 Å². The number of rotatable bonds is 0. The summed E-state index contributed by atoms with van der Waals surface area (Å²) in [7, 11) is 0. The lowest BCUT2D eigenvalue weighted by molar-refractivity contribution is 0.568. The Morgan fingerprint density at radius 3 is 2.53 bits per heavy atom. The van der Waals surface area contributed by atoms with Crippen LogP contribution in [0.2, 0.25) is 0 Å². The minimum Gasteiger partial charge on any atom is -0.284 e. The summed E-state index contributed by atoms with van der Waals surface area (Å²) in [6, 6.07) is 10.2. The Morgan fingerprint density at radius 2 is 1.76 bits per heavy atom. The fourth-order valence-corrected chi connectivity index (χ4v) is 1.97. The summed E-state index contributed by atoms with van der Waals surface area (Å²) in [6.07, 6.45) is 2.05. The second-order valence-electron chi connectivity index (χ2n) is 5.33. The third-order valence-corrected chi connectivity index (χ3v) is 2.95. The van der Waals surface area contributed by atoms with Gasteiger partial charge in [0, 0.05) is 11.6 Å². The van der Waals surface area contributed by atoms with Crippen molar-refractivity contribution in [2.75, 3.05) is 0 Å². The average molecular weight is 225 g/mol. The van der Waals surface area contributed by atoms with Gasteiger partial charge in [-0.2, -0.15) is 0 Å². The number of benzene rings is 1. The largest absolute Gasteiger partial charge is 0.284 e. The van der Waals surface area contributed by atoms with Gasteiger partial charge in [0.1, 0.15) is 0 Å². The molecule has 0 aliphatic heterocycles. The van der Waals surface area contributed by atoms with Crippen LogP contribution in [0.5, 0.6) is 0 Å². The molecule has 0 fully saturated rings. The molecule has 3 nitrogen and oxygen atoms in total. The van der Waals surface area contributed by atoms with Gasteiger partial charge < -0.3 is 0 Å². The standard InChI is InChI=1S/C14H15N3/c1-14(2,3)12-8-9-17-11-7-5-4-6-10(11)15-13(17)16-12/h4-9H,1-3H3. The van der Waals surface area contributed by atoms with E-state index in [1.54, 1.807) is 0 Å². The highest BCUT2D eigenvalue weighted by molar-refractivity contribution is 5.79. The van der Waals surface area contributed by atoms with Gasteiger partial charge in [-0.05, 0) is 18.2 Å². The summed E-state index contributed by atoms with van der Waals surface area (Å²) in [5.41, 5.74) is 3.22. The van der Waals surface area contributed by atoms with Crippen LogP contribution in [0.25, 0.3) is 16.8 Å². The Balaban J connectivity index is 2.34. The first-order valence-electron chi connectivity index (χ1n) is 5.80. The van der Waals surface area contributed by atoms with Crippen LogP contribution in [-0.4, -0.2) is 14.4 Å². The van der Waals surface area contributed by atoms with E-state index < -0.39 is 0 Å². The lowest BCUT2D eigenvalue weighted by Gasteiger charge is -2.17. The summed E-state index contributed by atoms with van der Waals surface area (Å²) in [6.45, 7) is 6.48. The Morgan fingerprint density at radius 1 is 1.00 bits per heavy atom. The molecule has 0 saturated carbocycles. The molecule has 0 atom stereocenters. The van der Waals surface area contributed by atoms with E-state index in [-0.39, 0.29) is 5.41 Å². The van der Waals surface area contributed by atoms with E-state index in [9.17, 15) is 0 Å². The zero-order valence-electron chi connectivity index (χ0n) is 10.3. The van der Waals surface area contributed by atoms with Crippen molar-refractivity contribution in [3.63, 3.8) is 0 Å².